The highest BCUT2D eigenvalue weighted by Crippen LogP contribution is 2.48. The maximum absolute atomic E-state index is 5.37. The first-order chi connectivity index (χ1) is 35.7. The second kappa shape index (κ2) is 16.9. The van der Waals surface area contributed by atoms with E-state index >= 15 is 0 Å². The molecule has 10 aromatic carbocycles. The van der Waals surface area contributed by atoms with E-state index in [4.69, 9.17) is 29.9 Å². The van der Waals surface area contributed by atoms with Crippen LogP contribution in [0.1, 0.15) is 0 Å². The van der Waals surface area contributed by atoms with Crippen LogP contribution in [0.25, 0.3) is 144 Å². The van der Waals surface area contributed by atoms with Gasteiger partial charge in [0.15, 0.2) is 34.9 Å². The van der Waals surface area contributed by atoms with Crippen molar-refractivity contribution < 1.29 is 0 Å². The van der Waals surface area contributed by atoms with Crippen LogP contribution in [0.5, 0.6) is 0 Å². The van der Waals surface area contributed by atoms with Crippen molar-refractivity contribution in [2.75, 3.05) is 0 Å². The summed E-state index contributed by atoms with van der Waals surface area (Å²) in [5, 5.41) is 10.9. The molecule has 0 unspecified atom stereocenters. The van der Waals surface area contributed by atoms with Crippen LogP contribution >= 0.6 is 0 Å². The molecule has 0 saturated carbocycles. The Morgan fingerprint density at radius 1 is 0.222 bits per heavy atom. The van der Waals surface area contributed by atoms with Crippen molar-refractivity contribution in [2.24, 2.45) is 0 Å². The standard InChI is InChI=1S/C64H38N8/c1-3-15-41(16-4-1)53-35-55(63-69-59(67-61(71-63)47-21-11-31-65-37-47)45-25-23-39-13-7-9-19-43(39)33-45)51-30-28-50-54(42-17-5-2-6-18-42)36-56(52-29-27-49(53)57(51)58(50)52)64-70-60(68-62(72-64)48-22-12-32-66-38-48)46-26-24-40-14-8-10-20-44(40)34-46/h1-38H. The number of fused-ring (bicyclic) bond motifs is 2. The first-order valence-electron chi connectivity index (χ1n) is 23.9. The van der Waals surface area contributed by atoms with E-state index in [1.165, 1.54) is 0 Å². The molecule has 0 bridgehead atoms. The lowest BCUT2D eigenvalue weighted by atomic mass is 9.83. The maximum Gasteiger partial charge on any atom is 0.165 e. The predicted molar refractivity (Wildman–Crippen MR) is 291 cm³/mol. The largest absolute Gasteiger partial charge is 0.264 e. The SMILES string of the molecule is c1ccc(-c2cc(-c3nc(-c4cccnc4)nc(-c4ccc5ccccc5c4)n3)c3ccc4c(-c5ccccc5)cc(-c5nc(-c6cccnc6)nc(-c6ccc7ccccc7c6)n5)c5ccc2c3c45)cc1. The molecule has 0 fully saturated rings. The summed E-state index contributed by atoms with van der Waals surface area (Å²) in [6, 6.07) is 71.9. The molecule has 0 spiro atoms. The predicted octanol–water partition coefficient (Wildman–Crippen LogP) is 15.4. The molecular weight excluding hydrogens is 881 g/mol. The molecule has 0 atom stereocenters. The minimum atomic E-state index is 0.540. The van der Waals surface area contributed by atoms with E-state index in [0.717, 1.165) is 109 Å². The van der Waals surface area contributed by atoms with Crippen LogP contribution in [0.15, 0.2) is 231 Å². The fourth-order valence-corrected chi connectivity index (χ4v) is 10.2. The highest BCUT2D eigenvalue weighted by atomic mass is 15.0. The molecule has 4 heterocycles. The molecule has 8 heteroatoms. The molecule has 0 saturated heterocycles. The van der Waals surface area contributed by atoms with Crippen molar-refractivity contribution in [3.63, 3.8) is 0 Å². The summed E-state index contributed by atoms with van der Waals surface area (Å²) in [7, 11) is 0. The van der Waals surface area contributed by atoms with Gasteiger partial charge in [-0.3, -0.25) is 9.97 Å². The lowest BCUT2D eigenvalue weighted by molar-refractivity contribution is 1.07. The summed E-state index contributed by atoms with van der Waals surface area (Å²) >= 11 is 0. The molecule has 0 N–H and O–H groups in total. The van der Waals surface area contributed by atoms with Gasteiger partial charge in [0.2, 0.25) is 0 Å². The Hall–Kier alpha value is -9.92. The van der Waals surface area contributed by atoms with Crippen molar-refractivity contribution >= 4 is 53.9 Å². The van der Waals surface area contributed by atoms with Crippen molar-refractivity contribution in [3.8, 4) is 90.6 Å². The number of pyridine rings is 2. The molecule has 0 aliphatic carbocycles. The first-order valence-corrected chi connectivity index (χ1v) is 23.9. The Morgan fingerprint density at radius 3 is 0.972 bits per heavy atom. The lowest BCUT2D eigenvalue weighted by Gasteiger charge is -2.21. The Labute approximate surface area is 413 Å². The molecule has 72 heavy (non-hydrogen) atoms. The zero-order valence-corrected chi connectivity index (χ0v) is 38.5. The smallest absolute Gasteiger partial charge is 0.165 e. The Kier molecular flexibility index (Phi) is 9.67. The zero-order chi connectivity index (χ0) is 47.5. The minimum absolute atomic E-state index is 0.540. The van der Waals surface area contributed by atoms with Crippen molar-refractivity contribution in [2.45, 2.75) is 0 Å². The van der Waals surface area contributed by atoms with E-state index in [0.29, 0.717) is 34.9 Å². The van der Waals surface area contributed by atoms with Gasteiger partial charge in [-0.25, -0.2) is 29.9 Å². The van der Waals surface area contributed by atoms with E-state index < -0.39 is 0 Å². The van der Waals surface area contributed by atoms with Gasteiger partial charge < -0.3 is 0 Å². The number of aromatic nitrogens is 8. The van der Waals surface area contributed by atoms with Crippen LogP contribution in [-0.4, -0.2) is 39.9 Å². The van der Waals surface area contributed by atoms with Gasteiger partial charge in [0.05, 0.1) is 0 Å². The molecule has 14 aromatic rings. The normalized spacial score (nSPS) is 11.6. The van der Waals surface area contributed by atoms with Gasteiger partial charge in [-0.15, -0.1) is 0 Å². The summed E-state index contributed by atoms with van der Waals surface area (Å²) in [5.41, 5.74) is 9.44. The molecule has 0 amide bonds. The molecule has 334 valence electrons. The van der Waals surface area contributed by atoms with E-state index in [2.05, 4.69) is 192 Å². The molecular formula is C64H38N8. The zero-order valence-electron chi connectivity index (χ0n) is 38.5. The van der Waals surface area contributed by atoms with Crippen LogP contribution in [0.3, 0.4) is 0 Å². The topological polar surface area (TPSA) is 103 Å². The van der Waals surface area contributed by atoms with Gasteiger partial charge in [0.1, 0.15) is 0 Å². The van der Waals surface area contributed by atoms with Gasteiger partial charge >= 0.3 is 0 Å². The van der Waals surface area contributed by atoms with Gasteiger partial charge in [0.25, 0.3) is 0 Å². The number of benzene rings is 10. The van der Waals surface area contributed by atoms with Gasteiger partial charge in [-0.05, 0) is 125 Å². The lowest BCUT2D eigenvalue weighted by Crippen LogP contribution is -2.02. The van der Waals surface area contributed by atoms with E-state index in [-0.39, 0.29) is 0 Å². The van der Waals surface area contributed by atoms with Crippen molar-refractivity contribution in [3.05, 3.63) is 231 Å². The monoisotopic (exact) mass is 918 g/mol. The molecule has 4 aromatic heterocycles. The van der Waals surface area contributed by atoms with Crippen LogP contribution in [0.4, 0.5) is 0 Å². The third kappa shape index (κ3) is 7.08. The van der Waals surface area contributed by atoms with Gasteiger partial charge in [-0.2, -0.15) is 0 Å². The maximum atomic E-state index is 5.37. The van der Waals surface area contributed by atoms with Crippen molar-refractivity contribution in [1.29, 1.82) is 0 Å². The second-order valence-corrected chi connectivity index (χ2v) is 18.0. The summed E-state index contributed by atoms with van der Waals surface area (Å²) < 4.78 is 0. The summed E-state index contributed by atoms with van der Waals surface area (Å²) in [4.78, 5) is 40.6. The quantitative estimate of drug-likeness (QED) is 0.139. The number of hydrogen-bond donors (Lipinski definition) is 0. The fraction of sp³-hybridized carbons (Fsp3) is 0. The van der Waals surface area contributed by atoms with E-state index in [1.807, 2.05) is 36.7 Å². The van der Waals surface area contributed by atoms with Crippen LogP contribution in [0.2, 0.25) is 0 Å². The Balaban J connectivity index is 1.08. The minimum Gasteiger partial charge on any atom is -0.264 e. The number of hydrogen-bond acceptors (Lipinski definition) is 8. The number of rotatable bonds is 8. The molecule has 8 nitrogen and oxygen atoms in total. The van der Waals surface area contributed by atoms with Crippen LogP contribution in [0, 0.1) is 0 Å². The highest BCUT2D eigenvalue weighted by Gasteiger charge is 2.25. The number of nitrogens with zero attached hydrogens (tertiary/aromatic N) is 8. The van der Waals surface area contributed by atoms with Crippen molar-refractivity contribution in [1.82, 2.24) is 39.9 Å². The highest BCUT2D eigenvalue weighted by molar-refractivity contribution is 6.31. The van der Waals surface area contributed by atoms with Crippen LogP contribution < -0.4 is 0 Å². The average molecular weight is 919 g/mol. The second-order valence-electron chi connectivity index (χ2n) is 18.0. The third-order valence-electron chi connectivity index (χ3n) is 13.7. The van der Waals surface area contributed by atoms with Gasteiger partial charge in [-0.1, -0.05) is 158 Å². The molecule has 0 radical (unpaired) electrons. The first kappa shape index (κ1) is 41.1. The Bertz CT molecular complexity index is 4090. The molecule has 0 aliphatic rings. The van der Waals surface area contributed by atoms with E-state index in [9.17, 15) is 0 Å². The Morgan fingerprint density at radius 2 is 0.569 bits per heavy atom. The summed E-state index contributed by atoms with van der Waals surface area (Å²) in [6.07, 6.45) is 7.15. The molecule has 14 rings (SSSR count). The fourth-order valence-electron chi connectivity index (χ4n) is 10.2. The molecule has 0 aliphatic heterocycles. The third-order valence-corrected chi connectivity index (χ3v) is 13.7. The van der Waals surface area contributed by atoms with E-state index in [1.54, 1.807) is 12.4 Å². The van der Waals surface area contributed by atoms with Crippen LogP contribution in [-0.2, 0) is 0 Å². The average Bonchev–Trinajstić information content (AvgIpc) is 3.46. The summed E-state index contributed by atoms with van der Waals surface area (Å²) in [5.74, 6) is 3.35. The van der Waals surface area contributed by atoms with Gasteiger partial charge in [0, 0.05) is 58.2 Å². The summed E-state index contributed by atoms with van der Waals surface area (Å²) in [6.45, 7) is 0.